The molecule has 0 aromatic heterocycles. The standard InChI is InChI=1S/C21H27FN2O3S/c1-4-24(5-2)18-10-11-20(16(3)14-18)23-21(25)12-13-28(26,27)15-17-8-6-7-9-19(17)22/h6-11,14H,4-5,12-13,15H2,1-3H3,(H,23,25). The first-order valence-electron chi connectivity index (χ1n) is 9.35. The maximum atomic E-state index is 13.6. The van der Waals surface area contributed by atoms with Crippen molar-refractivity contribution in [3.8, 4) is 0 Å². The van der Waals surface area contributed by atoms with E-state index in [0.29, 0.717) is 5.69 Å². The largest absolute Gasteiger partial charge is 0.372 e. The van der Waals surface area contributed by atoms with Crippen LogP contribution in [0, 0.1) is 12.7 Å². The van der Waals surface area contributed by atoms with Gasteiger partial charge in [0.15, 0.2) is 9.84 Å². The van der Waals surface area contributed by atoms with Gasteiger partial charge in [-0.25, -0.2) is 12.8 Å². The number of nitrogens with one attached hydrogen (secondary N) is 1. The summed E-state index contributed by atoms with van der Waals surface area (Å²) in [4.78, 5) is 14.4. The monoisotopic (exact) mass is 406 g/mol. The van der Waals surface area contributed by atoms with Crippen LogP contribution in [-0.2, 0) is 20.4 Å². The molecule has 7 heteroatoms. The number of aryl methyl sites for hydroxylation is 1. The number of carbonyl (C=O) groups is 1. The van der Waals surface area contributed by atoms with Crippen molar-refractivity contribution in [1.29, 1.82) is 0 Å². The Morgan fingerprint density at radius 2 is 1.79 bits per heavy atom. The maximum absolute atomic E-state index is 13.6. The topological polar surface area (TPSA) is 66.5 Å². The molecule has 0 atom stereocenters. The Morgan fingerprint density at radius 1 is 1.11 bits per heavy atom. The first-order valence-corrected chi connectivity index (χ1v) is 11.2. The van der Waals surface area contributed by atoms with E-state index in [1.54, 1.807) is 6.07 Å². The zero-order valence-electron chi connectivity index (χ0n) is 16.5. The second kappa shape index (κ2) is 9.68. The van der Waals surface area contributed by atoms with Gasteiger partial charge in [-0.3, -0.25) is 4.79 Å². The average Bonchev–Trinajstić information content (AvgIpc) is 2.65. The van der Waals surface area contributed by atoms with Gasteiger partial charge in [-0.05, 0) is 50.6 Å². The van der Waals surface area contributed by atoms with E-state index in [4.69, 9.17) is 0 Å². The molecule has 2 aromatic carbocycles. The van der Waals surface area contributed by atoms with Gasteiger partial charge in [0.1, 0.15) is 5.82 Å². The molecule has 0 spiro atoms. The van der Waals surface area contributed by atoms with Gasteiger partial charge < -0.3 is 10.2 Å². The summed E-state index contributed by atoms with van der Waals surface area (Å²) in [6.45, 7) is 7.84. The quantitative estimate of drug-likeness (QED) is 0.685. The summed E-state index contributed by atoms with van der Waals surface area (Å²) in [5, 5.41) is 2.76. The SMILES string of the molecule is CCN(CC)c1ccc(NC(=O)CCS(=O)(=O)Cc2ccccc2F)c(C)c1. The van der Waals surface area contributed by atoms with Crippen LogP contribution in [0.25, 0.3) is 0 Å². The Morgan fingerprint density at radius 3 is 2.39 bits per heavy atom. The van der Waals surface area contributed by atoms with Crippen LogP contribution in [0.5, 0.6) is 0 Å². The van der Waals surface area contributed by atoms with Crippen LogP contribution in [0.3, 0.4) is 0 Å². The van der Waals surface area contributed by atoms with Crippen molar-refractivity contribution in [1.82, 2.24) is 0 Å². The van der Waals surface area contributed by atoms with E-state index in [9.17, 15) is 17.6 Å². The highest BCUT2D eigenvalue weighted by molar-refractivity contribution is 7.90. The van der Waals surface area contributed by atoms with Gasteiger partial charge in [-0.15, -0.1) is 0 Å². The highest BCUT2D eigenvalue weighted by atomic mass is 32.2. The molecule has 28 heavy (non-hydrogen) atoms. The second-order valence-corrected chi connectivity index (χ2v) is 8.84. The minimum Gasteiger partial charge on any atom is -0.372 e. The zero-order valence-corrected chi connectivity index (χ0v) is 17.4. The van der Waals surface area contributed by atoms with Crippen LogP contribution in [-0.4, -0.2) is 33.2 Å². The number of halogens is 1. The number of amides is 1. The van der Waals surface area contributed by atoms with Crippen LogP contribution >= 0.6 is 0 Å². The molecule has 5 nitrogen and oxygen atoms in total. The van der Waals surface area contributed by atoms with Gasteiger partial charge in [0, 0.05) is 36.4 Å². The van der Waals surface area contributed by atoms with Crippen LogP contribution in [0.1, 0.15) is 31.4 Å². The molecule has 0 aliphatic heterocycles. The molecule has 0 radical (unpaired) electrons. The van der Waals surface area contributed by atoms with Gasteiger partial charge in [0.05, 0.1) is 11.5 Å². The van der Waals surface area contributed by atoms with E-state index in [1.165, 1.54) is 18.2 Å². The van der Waals surface area contributed by atoms with Gasteiger partial charge in [-0.1, -0.05) is 18.2 Å². The predicted octanol–water partition coefficient (Wildman–Crippen LogP) is 3.92. The molecule has 0 bridgehead atoms. The minimum atomic E-state index is -3.59. The molecule has 1 amide bonds. The third-order valence-corrected chi connectivity index (χ3v) is 6.16. The summed E-state index contributed by atoms with van der Waals surface area (Å²) in [7, 11) is -3.59. The number of benzene rings is 2. The van der Waals surface area contributed by atoms with E-state index < -0.39 is 21.4 Å². The molecule has 1 N–H and O–H groups in total. The number of nitrogens with zero attached hydrogens (tertiary/aromatic N) is 1. The molecule has 2 aromatic rings. The van der Waals surface area contributed by atoms with E-state index in [0.717, 1.165) is 24.3 Å². The lowest BCUT2D eigenvalue weighted by atomic mass is 10.1. The number of hydrogen-bond acceptors (Lipinski definition) is 4. The number of rotatable bonds is 9. The van der Waals surface area contributed by atoms with Crippen LogP contribution < -0.4 is 10.2 Å². The van der Waals surface area contributed by atoms with Crippen molar-refractivity contribution < 1.29 is 17.6 Å². The molecular weight excluding hydrogens is 379 g/mol. The van der Waals surface area contributed by atoms with Gasteiger partial charge in [-0.2, -0.15) is 0 Å². The lowest BCUT2D eigenvalue weighted by Crippen LogP contribution is -2.22. The number of carbonyl (C=O) groups excluding carboxylic acids is 1. The van der Waals surface area contributed by atoms with E-state index in [1.807, 2.05) is 25.1 Å². The number of anilines is 2. The van der Waals surface area contributed by atoms with Crippen molar-refractivity contribution in [3.63, 3.8) is 0 Å². The third-order valence-electron chi connectivity index (χ3n) is 4.59. The lowest BCUT2D eigenvalue weighted by molar-refractivity contribution is -0.115. The molecule has 2 rings (SSSR count). The first kappa shape index (κ1) is 21.9. The Hall–Kier alpha value is -2.41. The molecule has 0 heterocycles. The summed E-state index contributed by atoms with van der Waals surface area (Å²) in [5.74, 6) is -1.68. The van der Waals surface area contributed by atoms with Crippen molar-refractivity contribution in [2.75, 3.05) is 29.1 Å². The van der Waals surface area contributed by atoms with Crippen molar-refractivity contribution in [3.05, 3.63) is 59.4 Å². The molecule has 152 valence electrons. The molecule has 0 fully saturated rings. The molecule has 0 unspecified atom stereocenters. The van der Waals surface area contributed by atoms with E-state index in [2.05, 4.69) is 24.1 Å². The number of hydrogen-bond donors (Lipinski definition) is 1. The van der Waals surface area contributed by atoms with E-state index in [-0.39, 0.29) is 23.6 Å². The third kappa shape index (κ3) is 6.05. The summed E-state index contributed by atoms with van der Waals surface area (Å²) in [6.07, 6.45) is -0.173. The predicted molar refractivity (Wildman–Crippen MR) is 112 cm³/mol. The highest BCUT2D eigenvalue weighted by Crippen LogP contribution is 2.23. The summed E-state index contributed by atoms with van der Waals surface area (Å²) < 4.78 is 38.1. The molecular formula is C21H27FN2O3S. The summed E-state index contributed by atoms with van der Waals surface area (Å²) in [6, 6.07) is 11.5. The van der Waals surface area contributed by atoms with Crippen molar-refractivity contribution >= 4 is 27.1 Å². The average molecular weight is 407 g/mol. The summed E-state index contributed by atoms with van der Waals surface area (Å²) >= 11 is 0. The Labute approximate surface area is 166 Å². The maximum Gasteiger partial charge on any atom is 0.225 e. The molecule has 0 saturated carbocycles. The summed E-state index contributed by atoms with van der Waals surface area (Å²) in [5.41, 5.74) is 2.76. The fourth-order valence-corrected chi connectivity index (χ4v) is 4.31. The van der Waals surface area contributed by atoms with Crippen LogP contribution in [0.15, 0.2) is 42.5 Å². The van der Waals surface area contributed by atoms with Crippen LogP contribution in [0.4, 0.5) is 15.8 Å². The van der Waals surface area contributed by atoms with Crippen molar-refractivity contribution in [2.45, 2.75) is 32.9 Å². The Balaban J connectivity index is 1.96. The normalized spacial score (nSPS) is 11.3. The van der Waals surface area contributed by atoms with Gasteiger partial charge in [0.2, 0.25) is 5.91 Å². The van der Waals surface area contributed by atoms with Crippen molar-refractivity contribution in [2.24, 2.45) is 0 Å². The first-order chi connectivity index (χ1) is 13.3. The lowest BCUT2D eigenvalue weighted by Gasteiger charge is -2.22. The fourth-order valence-electron chi connectivity index (χ4n) is 2.96. The molecule has 0 aliphatic carbocycles. The fraction of sp³-hybridized carbons (Fsp3) is 0.381. The second-order valence-electron chi connectivity index (χ2n) is 6.65. The smallest absolute Gasteiger partial charge is 0.225 e. The minimum absolute atomic E-state index is 0.116. The Kier molecular flexibility index (Phi) is 7.57. The van der Waals surface area contributed by atoms with Gasteiger partial charge >= 0.3 is 0 Å². The number of sulfone groups is 1. The van der Waals surface area contributed by atoms with Crippen LogP contribution in [0.2, 0.25) is 0 Å². The molecule has 0 aliphatic rings. The Bertz CT molecular complexity index is 925. The van der Waals surface area contributed by atoms with E-state index >= 15 is 0 Å². The zero-order chi connectivity index (χ0) is 20.7. The highest BCUT2D eigenvalue weighted by Gasteiger charge is 2.17. The molecule has 0 saturated heterocycles. The van der Waals surface area contributed by atoms with Gasteiger partial charge in [0.25, 0.3) is 0 Å².